The minimum absolute atomic E-state index is 0.0835. The van der Waals surface area contributed by atoms with Gasteiger partial charge in [0, 0.05) is 11.6 Å². The molecule has 1 saturated heterocycles. The predicted octanol–water partition coefficient (Wildman–Crippen LogP) is 2.80. The van der Waals surface area contributed by atoms with Gasteiger partial charge in [0.2, 0.25) is 0 Å². The Hall–Kier alpha value is -3.93. The van der Waals surface area contributed by atoms with E-state index in [1.54, 1.807) is 0 Å². The summed E-state index contributed by atoms with van der Waals surface area (Å²) < 4.78 is 103. The number of alkyl halides is 3. The number of halogens is 7. The molecule has 0 bridgehead atoms. The van der Waals surface area contributed by atoms with Crippen LogP contribution in [0.4, 0.5) is 30.7 Å². The minimum Gasteiger partial charge on any atom is -0.394 e. The smallest absolute Gasteiger partial charge is 0.394 e. The number of nitrogens with zero attached hydrogens (tertiary/aromatic N) is 6. The van der Waals surface area contributed by atoms with Gasteiger partial charge in [0.25, 0.3) is 0 Å². The van der Waals surface area contributed by atoms with Crippen LogP contribution in [-0.2, 0) is 10.9 Å². The van der Waals surface area contributed by atoms with Gasteiger partial charge in [-0.05, 0) is 31.2 Å². The first kappa shape index (κ1) is 28.6. The van der Waals surface area contributed by atoms with E-state index in [-0.39, 0.29) is 17.1 Å². The molecule has 0 amide bonds. The molecule has 2 aromatic heterocycles. The number of ether oxygens (including phenoxy) is 1. The van der Waals surface area contributed by atoms with Gasteiger partial charge in [-0.2, -0.15) is 18.3 Å². The van der Waals surface area contributed by atoms with E-state index in [1.165, 1.54) is 6.92 Å². The Balaban J connectivity index is 1.58. The van der Waals surface area contributed by atoms with Crippen LogP contribution in [0, 0.1) is 30.2 Å². The summed E-state index contributed by atoms with van der Waals surface area (Å²) in [6.07, 6.45) is -10.5. The van der Waals surface area contributed by atoms with Crippen molar-refractivity contribution in [3.8, 4) is 16.9 Å². The predicted molar refractivity (Wildman–Crippen MR) is 122 cm³/mol. The van der Waals surface area contributed by atoms with Gasteiger partial charge in [-0.25, -0.2) is 31.9 Å². The maximum Gasteiger partial charge on any atom is 0.418 e. The number of hydrogen-bond acceptors (Lipinski definition) is 8. The zero-order valence-corrected chi connectivity index (χ0v) is 20.6. The summed E-state index contributed by atoms with van der Waals surface area (Å²) in [5.74, 6) is -6.26. The summed E-state index contributed by atoms with van der Waals surface area (Å²) in [6, 6.07) is 1.46. The zero-order chi connectivity index (χ0) is 29.8. The molecule has 0 aliphatic carbocycles. The van der Waals surface area contributed by atoms with Gasteiger partial charge in [-0.3, -0.25) is 0 Å². The van der Waals surface area contributed by atoms with Crippen LogP contribution in [0.5, 0.6) is 0 Å². The third kappa shape index (κ3) is 5.16. The molecular formula is C24H19F7N6O4. The SMILES string of the molecule is Cc1nc([C@@H]2O[C@H](CO)[C@H](O)[C@H](n3cc(-c4cc(F)c(F)c(F)c4)nn3)[C@H]2O)n(-c2cc(F)ccc2C(F)(F)F)n1. The first-order chi connectivity index (χ1) is 19.3. The molecule has 0 unspecified atom stereocenters. The van der Waals surface area contributed by atoms with Crippen molar-refractivity contribution < 1.29 is 50.8 Å². The lowest BCUT2D eigenvalue weighted by Gasteiger charge is -2.41. The summed E-state index contributed by atoms with van der Waals surface area (Å²) >= 11 is 0. The van der Waals surface area contributed by atoms with E-state index >= 15 is 0 Å². The van der Waals surface area contributed by atoms with Crippen molar-refractivity contribution in [3.05, 3.63) is 77.0 Å². The van der Waals surface area contributed by atoms with Crippen LogP contribution in [0.15, 0.2) is 36.5 Å². The van der Waals surface area contributed by atoms with Crippen molar-refractivity contribution in [2.24, 2.45) is 0 Å². The Morgan fingerprint density at radius 3 is 2.32 bits per heavy atom. The summed E-state index contributed by atoms with van der Waals surface area (Å²) in [7, 11) is 0. The van der Waals surface area contributed by atoms with Gasteiger partial charge in [0.15, 0.2) is 23.3 Å². The van der Waals surface area contributed by atoms with Crippen LogP contribution in [0.2, 0.25) is 0 Å². The standard InChI is InChI=1S/C24H19F7N6O4/c1-9-32-23(37(34-9)16-6-11(25)2-3-12(16)24(29,30)31)22-21(40)19(20(39)17(8-38)41-22)36-7-15(33-35-36)10-4-13(26)18(28)14(27)5-10/h2-7,17,19-22,38-40H,8H2,1H3/t17-,19+,20+,21-,22-/m1/s1. The molecule has 0 saturated carbocycles. The van der Waals surface area contributed by atoms with E-state index < -0.39 is 83.6 Å². The molecule has 3 N–H and O–H groups in total. The molecule has 5 rings (SSSR count). The highest BCUT2D eigenvalue weighted by atomic mass is 19.4. The second-order valence-corrected chi connectivity index (χ2v) is 9.18. The Morgan fingerprint density at radius 2 is 1.68 bits per heavy atom. The molecule has 41 heavy (non-hydrogen) atoms. The number of aliphatic hydroxyl groups is 3. The van der Waals surface area contributed by atoms with E-state index in [0.29, 0.717) is 35.0 Å². The molecule has 5 atom stereocenters. The second kappa shape index (κ2) is 10.5. The van der Waals surface area contributed by atoms with Crippen molar-refractivity contribution in [2.75, 3.05) is 6.61 Å². The first-order valence-electron chi connectivity index (χ1n) is 11.8. The Morgan fingerprint density at radius 1 is 1.00 bits per heavy atom. The topological polar surface area (TPSA) is 131 Å². The molecule has 3 heterocycles. The van der Waals surface area contributed by atoms with E-state index in [0.717, 1.165) is 10.9 Å². The molecule has 1 aliphatic heterocycles. The minimum atomic E-state index is -4.94. The number of aromatic nitrogens is 6. The van der Waals surface area contributed by atoms with Crippen molar-refractivity contribution in [2.45, 2.75) is 43.6 Å². The summed E-state index contributed by atoms with van der Waals surface area (Å²) in [5, 5.41) is 43.4. The van der Waals surface area contributed by atoms with Crippen LogP contribution in [0.1, 0.15) is 29.4 Å². The summed E-state index contributed by atoms with van der Waals surface area (Å²) in [4.78, 5) is 4.07. The Bertz CT molecular complexity index is 1570. The van der Waals surface area contributed by atoms with Crippen molar-refractivity contribution in [1.29, 1.82) is 0 Å². The summed E-state index contributed by atoms with van der Waals surface area (Å²) in [6.45, 7) is 0.486. The molecule has 17 heteroatoms. The maximum absolute atomic E-state index is 14.1. The van der Waals surface area contributed by atoms with E-state index in [9.17, 15) is 46.1 Å². The molecule has 2 aromatic carbocycles. The molecule has 0 radical (unpaired) electrons. The zero-order valence-electron chi connectivity index (χ0n) is 20.6. The fourth-order valence-electron chi connectivity index (χ4n) is 4.60. The summed E-state index contributed by atoms with van der Waals surface area (Å²) in [5.41, 5.74) is -2.47. The van der Waals surface area contributed by atoms with Gasteiger partial charge in [-0.1, -0.05) is 5.21 Å². The Kier molecular flexibility index (Phi) is 7.31. The number of aryl methyl sites for hydroxylation is 1. The molecule has 1 fully saturated rings. The number of hydrogen-bond donors (Lipinski definition) is 3. The van der Waals surface area contributed by atoms with Crippen molar-refractivity contribution in [3.63, 3.8) is 0 Å². The lowest BCUT2D eigenvalue weighted by molar-refractivity contribution is -0.210. The number of rotatable bonds is 5. The van der Waals surface area contributed by atoms with Crippen LogP contribution in [-0.4, -0.2) is 70.0 Å². The third-order valence-electron chi connectivity index (χ3n) is 6.47. The molecule has 4 aromatic rings. The second-order valence-electron chi connectivity index (χ2n) is 9.18. The highest BCUT2D eigenvalue weighted by Crippen LogP contribution is 2.40. The highest BCUT2D eigenvalue weighted by Gasteiger charge is 2.49. The molecule has 1 aliphatic rings. The average Bonchev–Trinajstić information content (AvgIpc) is 3.53. The van der Waals surface area contributed by atoms with Crippen LogP contribution in [0.3, 0.4) is 0 Å². The van der Waals surface area contributed by atoms with Crippen LogP contribution >= 0.6 is 0 Å². The van der Waals surface area contributed by atoms with E-state index in [1.807, 2.05) is 0 Å². The monoisotopic (exact) mass is 588 g/mol. The largest absolute Gasteiger partial charge is 0.418 e. The van der Waals surface area contributed by atoms with E-state index in [2.05, 4.69) is 20.4 Å². The molecule has 10 nitrogen and oxygen atoms in total. The maximum atomic E-state index is 14.1. The molecular weight excluding hydrogens is 569 g/mol. The molecule has 218 valence electrons. The highest BCUT2D eigenvalue weighted by molar-refractivity contribution is 5.58. The van der Waals surface area contributed by atoms with Crippen molar-refractivity contribution in [1.82, 2.24) is 29.8 Å². The normalized spacial score (nSPS) is 23.2. The number of benzene rings is 2. The quantitative estimate of drug-likeness (QED) is 0.240. The fraction of sp³-hybridized carbons (Fsp3) is 0.333. The van der Waals surface area contributed by atoms with Crippen molar-refractivity contribution >= 4 is 0 Å². The van der Waals surface area contributed by atoms with Gasteiger partial charge in [-0.15, -0.1) is 5.10 Å². The average molecular weight is 588 g/mol. The van der Waals surface area contributed by atoms with Gasteiger partial charge in [0.05, 0.1) is 24.1 Å². The van der Waals surface area contributed by atoms with Gasteiger partial charge >= 0.3 is 6.18 Å². The Labute approximate surface area is 225 Å². The lowest BCUT2D eigenvalue weighted by atomic mass is 9.92. The lowest BCUT2D eigenvalue weighted by Crippen LogP contribution is -2.53. The molecule has 0 spiro atoms. The van der Waals surface area contributed by atoms with E-state index in [4.69, 9.17) is 4.74 Å². The third-order valence-corrected chi connectivity index (χ3v) is 6.47. The number of aliphatic hydroxyl groups excluding tert-OH is 3. The van der Waals surface area contributed by atoms with Crippen LogP contribution < -0.4 is 0 Å². The van der Waals surface area contributed by atoms with Gasteiger partial charge < -0.3 is 20.1 Å². The fourth-order valence-corrected chi connectivity index (χ4v) is 4.60. The van der Waals surface area contributed by atoms with Gasteiger partial charge in [0.1, 0.15) is 47.8 Å². The van der Waals surface area contributed by atoms with Crippen LogP contribution in [0.25, 0.3) is 16.9 Å². The first-order valence-corrected chi connectivity index (χ1v) is 11.8.